The van der Waals surface area contributed by atoms with E-state index >= 15 is 0 Å². The summed E-state index contributed by atoms with van der Waals surface area (Å²) in [4.78, 5) is 0. The monoisotopic (exact) mass is 287 g/mol. The molecule has 0 radical (unpaired) electrons. The van der Waals surface area contributed by atoms with E-state index in [9.17, 15) is 0 Å². The topological polar surface area (TPSA) is 53.7 Å². The summed E-state index contributed by atoms with van der Waals surface area (Å²) in [5.41, 5.74) is 7.65. The van der Waals surface area contributed by atoms with Gasteiger partial charge in [-0.15, -0.1) is 0 Å². The van der Waals surface area contributed by atoms with Crippen molar-refractivity contribution in [1.82, 2.24) is 0 Å². The summed E-state index contributed by atoms with van der Waals surface area (Å²) < 4.78 is 16.8. The molecule has 0 amide bonds. The van der Waals surface area contributed by atoms with Crippen LogP contribution in [0.4, 0.5) is 5.69 Å². The zero-order chi connectivity index (χ0) is 15.1. The molecule has 0 spiro atoms. The molecule has 0 aliphatic heterocycles. The molecule has 2 rings (SSSR count). The Hall–Kier alpha value is -2.36. The van der Waals surface area contributed by atoms with Gasteiger partial charge >= 0.3 is 0 Å². The highest BCUT2D eigenvalue weighted by atomic mass is 16.5. The van der Waals surface area contributed by atoms with Crippen LogP contribution in [0, 0.1) is 6.92 Å². The van der Waals surface area contributed by atoms with Gasteiger partial charge < -0.3 is 19.9 Å². The summed E-state index contributed by atoms with van der Waals surface area (Å²) in [6, 6.07) is 13.3. The lowest BCUT2D eigenvalue weighted by Crippen LogP contribution is -2.10. The van der Waals surface area contributed by atoms with Crippen molar-refractivity contribution < 1.29 is 14.2 Å². The Labute approximate surface area is 125 Å². The molecule has 4 heteroatoms. The first-order valence-corrected chi connectivity index (χ1v) is 7.04. The third-order valence-electron chi connectivity index (χ3n) is 2.91. The zero-order valence-corrected chi connectivity index (χ0v) is 12.5. The first-order chi connectivity index (χ1) is 10.2. The van der Waals surface area contributed by atoms with Gasteiger partial charge in [0.05, 0.1) is 12.3 Å². The van der Waals surface area contributed by atoms with Crippen molar-refractivity contribution in [2.75, 3.05) is 25.6 Å². The van der Waals surface area contributed by atoms with Gasteiger partial charge in [0.25, 0.3) is 0 Å². The highest BCUT2D eigenvalue weighted by molar-refractivity contribution is 5.54. The van der Waals surface area contributed by atoms with Gasteiger partial charge in [0.1, 0.15) is 19.0 Å². The number of nitrogen functional groups attached to an aromatic ring is 1. The quantitative estimate of drug-likeness (QED) is 0.626. The Kier molecular flexibility index (Phi) is 5.32. The van der Waals surface area contributed by atoms with E-state index < -0.39 is 0 Å². The maximum absolute atomic E-state index is 5.89. The molecule has 0 aromatic heterocycles. The maximum Gasteiger partial charge on any atom is 0.161 e. The van der Waals surface area contributed by atoms with Crippen LogP contribution in [-0.2, 0) is 0 Å². The molecular weight excluding hydrogens is 266 g/mol. The third-order valence-corrected chi connectivity index (χ3v) is 2.91. The van der Waals surface area contributed by atoms with E-state index in [-0.39, 0.29) is 0 Å². The van der Waals surface area contributed by atoms with Gasteiger partial charge in [0, 0.05) is 0 Å². The lowest BCUT2D eigenvalue weighted by atomic mass is 10.2. The second kappa shape index (κ2) is 7.43. The summed E-state index contributed by atoms with van der Waals surface area (Å²) in [5, 5.41) is 0. The van der Waals surface area contributed by atoms with E-state index in [1.165, 1.54) is 0 Å². The number of ether oxygens (including phenoxy) is 3. The van der Waals surface area contributed by atoms with E-state index in [0.29, 0.717) is 31.3 Å². The highest BCUT2D eigenvalue weighted by Crippen LogP contribution is 2.26. The summed E-state index contributed by atoms with van der Waals surface area (Å²) in [7, 11) is 0. The number of nitrogens with two attached hydrogens (primary N) is 1. The van der Waals surface area contributed by atoms with E-state index in [1.807, 2.05) is 56.3 Å². The molecule has 0 aliphatic carbocycles. The van der Waals surface area contributed by atoms with Crippen molar-refractivity contribution in [1.29, 1.82) is 0 Å². The molecule has 0 saturated carbocycles. The number of benzene rings is 2. The molecule has 4 nitrogen and oxygen atoms in total. The molecule has 0 fully saturated rings. The lowest BCUT2D eigenvalue weighted by Gasteiger charge is -2.13. The molecule has 112 valence electrons. The van der Waals surface area contributed by atoms with Gasteiger partial charge in [0.2, 0.25) is 0 Å². The minimum absolute atomic E-state index is 0.424. The highest BCUT2D eigenvalue weighted by Gasteiger charge is 2.04. The molecule has 0 heterocycles. The Morgan fingerprint density at radius 1 is 0.857 bits per heavy atom. The number of hydrogen-bond donors (Lipinski definition) is 1. The fraction of sp³-hybridized carbons (Fsp3) is 0.294. The molecule has 2 aromatic carbocycles. The van der Waals surface area contributed by atoms with Crippen LogP contribution in [0.2, 0.25) is 0 Å². The van der Waals surface area contributed by atoms with E-state index in [1.54, 1.807) is 0 Å². The largest absolute Gasteiger partial charge is 0.490 e. The van der Waals surface area contributed by atoms with Gasteiger partial charge in [-0.05, 0) is 43.7 Å². The van der Waals surface area contributed by atoms with Gasteiger partial charge in [-0.3, -0.25) is 0 Å². The third kappa shape index (κ3) is 4.31. The average Bonchev–Trinajstić information content (AvgIpc) is 2.47. The lowest BCUT2D eigenvalue weighted by molar-refractivity contribution is 0.209. The molecule has 0 aliphatic rings. The number of para-hydroxylation sites is 2. The van der Waals surface area contributed by atoms with Crippen LogP contribution in [0.15, 0.2) is 42.5 Å². The van der Waals surface area contributed by atoms with Crippen molar-refractivity contribution in [3.63, 3.8) is 0 Å². The van der Waals surface area contributed by atoms with Crippen LogP contribution < -0.4 is 19.9 Å². The van der Waals surface area contributed by atoms with Crippen molar-refractivity contribution >= 4 is 5.69 Å². The Morgan fingerprint density at radius 3 is 2.10 bits per heavy atom. The zero-order valence-electron chi connectivity index (χ0n) is 12.5. The number of rotatable bonds is 7. The molecule has 0 atom stereocenters. The second-order valence-corrected chi connectivity index (χ2v) is 4.62. The minimum atomic E-state index is 0.424. The smallest absolute Gasteiger partial charge is 0.161 e. The van der Waals surface area contributed by atoms with Crippen LogP contribution in [-0.4, -0.2) is 19.8 Å². The molecule has 2 aromatic rings. The van der Waals surface area contributed by atoms with Crippen molar-refractivity contribution in [3.8, 4) is 17.2 Å². The SMILES string of the molecule is CCOc1ccccc1OCCOc1ccc(C)cc1N. The van der Waals surface area contributed by atoms with Gasteiger partial charge in [-0.1, -0.05) is 18.2 Å². The summed E-state index contributed by atoms with van der Waals surface area (Å²) in [6.07, 6.45) is 0. The number of anilines is 1. The van der Waals surface area contributed by atoms with Crippen molar-refractivity contribution in [2.45, 2.75) is 13.8 Å². The Bertz CT molecular complexity index is 584. The number of aryl methyl sites for hydroxylation is 1. The van der Waals surface area contributed by atoms with Crippen LogP contribution in [0.1, 0.15) is 12.5 Å². The Morgan fingerprint density at radius 2 is 1.48 bits per heavy atom. The molecule has 0 unspecified atom stereocenters. The fourth-order valence-electron chi connectivity index (χ4n) is 1.95. The van der Waals surface area contributed by atoms with Crippen LogP contribution in [0.3, 0.4) is 0 Å². The van der Waals surface area contributed by atoms with Crippen molar-refractivity contribution in [2.24, 2.45) is 0 Å². The number of hydrogen-bond acceptors (Lipinski definition) is 4. The van der Waals surface area contributed by atoms with Crippen LogP contribution in [0.25, 0.3) is 0 Å². The summed E-state index contributed by atoms with van der Waals surface area (Å²) >= 11 is 0. The van der Waals surface area contributed by atoms with Crippen LogP contribution >= 0.6 is 0 Å². The van der Waals surface area contributed by atoms with Crippen LogP contribution in [0.5, 0.6) is 17.2 Å². The standard InChI is InChI=1S/C17H21NO3/c1-3-19-16-6-4-5-7-17(16)21-11-10-20-15-9-8-13(2)12-14(15)18/h4-9,12H,3,10-11,18H2,1-2H3. The molecule has 0 saturated heterocycles. The van der Waals surface area contributed by atoms with Gasteiger partial charge in [-0.25, -0.2) is 0 Å². The minimum Gasteiger partial charge on any atom is -0.490 e. The van der Waals surface area contributed by atoms with E-state index in [4.69, 9.17) is 19.9 Å². The fourth-order valence-corrected chi connectivity index (χ4v) is 1.95. The molecule has 2 N–H and O–H groups in total. The Balaban J connectivity index is 1.84. The van der Waals surface area contributed by atoms with Crippen molar-refractivity contribution in [3.05, 3.63) is 48.0 Å². The van der Waals surface area contributed by atoms with E-state index in [2.05, 4.69) is 0 Å². The maximum atomic E-state index is 5.89. The predicted octanol–water partition coefficient (Wildman–Crippen LogP) is 3.43. The first kappa shape index (κ1) is 15.0. The second-order valence-electron chi connectivity index (χ2n) is 4.62. The molecule has 0 bridgehead atoms. The van der Waals surface area contributed by atoms with Gasteiger partial charge in [-0.2, -0.15) is 0 Å². The summed E-state index contributed by atoms with van der Waals surface area (Å²) in [5.74, 6) is 2.15. The molecular formula is C17H21NO3. The van der Waals surface area contributed by atoms with E-state index in [0.717, 1.165) is 17.1 Å². The summed E-state index contributed by atoms with van der Waals surface area (Å²) in [6.45, 7) is 5.40. The molecule has 21 heavy (non-hydrogen) atoms. The normalized spacial score (nSPS) is 10.2. The predicted molar refractivity (Wildman–Crippen MR) is 84.2 cm³/mol. The average molecular weight is 287 g/mol. The van der Waals surface area contributed by atoms with Gasteiger partial charge in [0.15, 0.2) is 11.5 Å². The first-order valence-electron chi connectivity index (χ1n) is 7.04.